The summed E-state index contributed by atoms with van der Waals surface area (Å²) in [6.07, 6.45) is 0. The summed E-state index contributed by atoms with van der Waals surface area (Å²) in [7, 11) is 0. The molecule has 2 rings (SSSR count). The van der Waals surface area contributed by atoms with E-state index in [1.807, 2.05) is 0 Å². The maximum absolute atomic E-state index is 11.0. The van der Waals surface area contributed by atoms with Gasteiger partial charge in [-0.05, 0) is 24.4 Å². The zero-order chi connectivity index (χ0) is 12.4. The molecule has 18 heavy (non-hydrogen) atoms. The van der Waals surface area contributed by atoms with Gasteiger partial charge < -0.3 is 20.3 Å². The van der Waals surface area contributed by atoms with Crippen molar-refractivity contribution in [3.05, 3.63) is 22.5 Å². The molecule has 0 amide bonds. The third-order valence-electron chi connectivity index (χ3n) is 1.99. The first-order chi connectivity index (χ1) is 8.11. The molecule has 0 bridgehead atoms. The van der Waals surface area contributed by atoms with Gasteiger partial charge in [0.2, 0.25) is 0 Å². The van der Waals surface area contributed by atoms with Gasteiger partial charge in [0.05, 0.1) is 28.6 Å². The first kappa shape index (κ1) is 15.7. The summed E-state index contributed by atoms with van der Waals surface area (Å²) in [5.41, 5.74) is 0.911. The van der Waals surface area contributed by atoms with Gasteiger partial charge >= 0.3 is 35.5 Å². The molecule has 3 N–H and O–H groups in total. The van der Waals surface area contributed by atoms with Crippen molar-refractivity contribution in [2.75, 3.05) is 0 Å². The van der Waals surface area contributed by atoms with Crippen LogP contribution in [0, 0.1) is 4.77 Å². The van der Waals surface area contributed by atoms with Crippen LogP contribution in [-0.2, 0) is 9.37 Å². The van der Waals surface area contributed by atoms with E-state index < -0.39 is 5.97 Å². The predicted octanol–water partition coefficient (Wildman–Crippen LogP) is -1.84. The number of H-pyrrole nitrogens is 2. The van der Waals surface area contributed by atoms with E-state index in [9.17, 15) is 10.1 Å². The summed E-state index contributed by atoms with van der Waals surface area (Å²) >= 11 is 5.48. The second-order valence-electron chi connectivity index (χ2n) is 3.00. The topological polar surface area (TPSA) is 110 Å². The minimum absolute atomic E-state index is 0. The number of carboxylic acids is 1. The average Bonchev–Trinajstić information content (AvgIpc) is 2.64. The Morgan fingerprint density at radius 1 is 1.44 bits per heavy atom. The van der Waals surface area contributed by atoms with E-state index in [2.05, 4.69) is 19.3 Å². The molecule has 1 aromatic heterocycles. The van der Waals surface area contributed by atoms with Gasteiger partial charge in [-0.3, -0.25) is 5.04 Å². The number of carbonyl (C=O) groups is 1. The van der Waals surface area contributed by atoms with Crippen LogP contribution >= 0.6 is 24.3 Å². The Labute approximate surface area is 132 Å². The molecule has 1 aromatic carbocycles. The van der Waals surface area contributed by atoms with Crippen molar-refractivity contribution in [3.8, 4) is 0 Å². The normalized spacial score (nSPS) is 10.3. The molecule has 0 spiro atoms. The van der Waals surface area contributed by atoms with E-state index in [1.54, 1.807) is 6.07 Å². The standard InChI is InChI=1S/C8H6N2O5S2.Na/c11-7(12)4-1-3(17-15-14-13)2-5-6(4)10-8(16)9-5;/h1-2,13H,(H,11,12)(H2,9,10,16);/q;+1/p-1. The van der Waals surface area contributed by atoms with E-state index in [-0.39, 0.29) is 35.1 Å². The number of aromatic carboxylic acids is 1. The Morgan fingerprint density at radius 2 is 2.17 bits per heavy atom. The number of aromatic nitrogens is 2. The molecule has 7 nitrogen and oxygen atoms in total. The Morgan fingerprint density at radius 3 is 2.78 bits per heavy atom. The van der Waals surface area contributed by atoms with Gasteiger partial charge in [0.1, 0.15) is 0 Å². The minimum Gasteiger partial charge on any atom is -0.691 e. The second kappa shape index (κ2) is 6.68. The van der Waals surface area contributed by atoms with Crippen LogP contribution in [0.1, 0.15) is 10.4 Å². The van der Waals surface area contributed by atoms with Gasteiger partial charge in [0.25, 0.3) is 0 Å². The van der Waals surface area contributed by atoms with Crippen molar-refractivity contribution in [1.29, 1.82) is 0 Å². The zero-order valence-electron chi connectivity index (χ0n) is 9.05. The maximum atomic E-state index is 11.0. The van der Waals surface area contributed by atoms with Crippen molar-refractivity contribution in [2.24, 2.45) is 0 Å². The summed E-state index contributed by atoms with van der Waals surface area (Å²) in [6.45, 7) is 0. The van der Waals surface area contributed by atoms with Crippen LogP contribution in [0.5, 0.6) is 0 Å². The number of rotatable bonds is 4. The summed E-state index contributed by atoms with van der Waals surface area (Å²) < 4.78 is 4.44. The van der Waals surface area contributed by atoms with Crippen LogP contribution in [0.2, 0.25) is 0 Å². The SMILES string of the molecule is O=C(O)c1cc(SOO[O-])cc2[nH]c(=S)[nH]c12.[Na+]. The Balaban J connectivity index is 0.00000162. The zero-order valence-corrected chi connectivity index (χ0v) is 12.7. The van der Waals surface area contributed by atoms with Crippen LogP contribution < -0.4 is 34.8 Å². The van der Waals surface area contributed by atoms with Gasteiger partial charge in [-0.1, -0.05) is 0 Å². The van der Waals surface area contributed by atoms with Gasteiger partial charge in [-0.2, -0.15) is 4.33 Å². The molecule has 0 saturated carbocycles. The summed E-state index contributed by atoms with van der Waals surface area (Å²) in [5.74, 6) is -1.12. The molecule has 0 unspecified atom stereocenters. The molecule has 0 radical (unpaired) electrons. The minimum atomic E-state index is -1.12. The van der Waals surface area contributed by atoms with Crippen molar-refractivity contribution in [1.82, 2.24) is 9.97 Å². The first-order valence-corrected chi connectivity index (χ1v) is 5.39. The second-order valence-corrected chi connectivity index (χ2v) is 4.18. The first-order valence-electron chi connectivity index (χ1n) is 4.24. The number of aromatic amines is 2. The van der Waals surface area contributed by atoms with Crippen LogP contribution in [0.25, 0.3) is 11.0 Å². The average molecular weight is 296 g/mol. The van der Waals surface area contributed by atoms with E-state index >= 15 is 0 Å². The van der Waals surface area contributed by atoms with E-state index in [1.165, 1.54) is 6.07 Å². The fourth-order valence-corrected chi connectivity index (χ4v) is 2.04. The molecule has 1 heterocycles. The van der Waals surface area contributed by atoms with Crippen molar-refractivity contribution in [3.63, 3.8) is 0 Å². The maximum Gasteiger partial charge on any atom is 1.00 e. The summed E-state index contributed by atoms with van der Waals surface area (Å²) in [5, 5.41) is 21.9. The van der Waals surface area contributed by atoms with Crippen LogP contribution in [0.3, 0.4) is 0 Å². The fraction of sp³-hybridized carbons (Fsp3) is 0. The van der Waals surface area contributed by atoms with Crippen molar-refractivity contribution in [2.45, 2.75) is 4.90 Å². The number of hydrogen-bond acceptors (Lipinski definition) is 6. The molecular formula is C8H5N2NaO5S2. The molecule has 2 aromatic rings. The molecule has 0 aliphatic rings. The summed E-state index contributed by atoms with van der Waals surface area (Å²) in [6, 6.07) is 2.92. The van der Waals surface area contributed by atoms with Gasteiger partial charge in [0, 0.05) is 4.90 Å². The fourth-order valence-electron chi connectivity index (χ4n) is 1.39. The Hall–Kier alpha value is -0.390. The molecule has 90 valence electrons. The third-order valence-corrected chi connectivity index (χ3v) is 2.74. The third kappa shape index (κ3) is 3.33. The number of fused-ring (bicyclic) bond motifs is 1. The molecule has 0 saturated heterocycles. The predicted molar refractivity (Wildman–Crippen MR) is 58.5 cm³/mol. The number of imidazole rings is 1. The number of benzene rings is 1. The molecule has 0 aliphatic heterocycles. The molecule has 0 atom stereocenters. The number of hydrogen-bond donors (Lipinski definition) is 3. The van der Waals surface area contributed by atoms with E-state index in [4.69, 9.17) is 17.3 Å². The van der Waals surface area contributed by atoms with Gasteiger partial charge in [-0.25, -0.2) is 4.79 Å². The Kier molecular flexibility index (Phi) is 5.82. The van der Waals surface area contributed by atoms with E-state index in [0.717, 1.165) is 0 Å². The van der Waals surface area contributed by atoms with Gasteiger partial charge in [-0.15, -0.1) is 0 Å². The number of carboxylic acid groups (broad SMARTS) is 1. The molecular weight excluding hydrogens is 291 g/mol. The van der Waals surface area contributed by atoms with Gasteiger partial charge in [0.15, 0.2) is 4.77 Å². The summed E-state index contributed by atoms with van der Waals surface area (Å²) in [4.78, 5) is 16.9. The smallest absolute Gasteiger partial charge is 0.691 e. The number of nitrogens with one attached hydrogen (secondary N) is 2. The van der Waals surface area contributed by atoms with Crippen LogP contribution in [0.4, 0.5) is 0 Å². The quantitative estimate of drug-likeness (QED) is 0.200. The Bertz CT molecular complexity index is 625. The largest absolute Gasteiger partial charge is 1.00 e. The van der Waals surface area contributed by atoms with Crippen LogP contribution in [-0.4, -0.2) is 21.0 Å². The molecule has 0 aliphatic carbocycles. The van der Waals surface area contributed by atoms with Crippen molar-refractivity contribution >= 4 is 41.3 Å². The monoisotopic (exact) mass is 296 g/mol. The molecule has 10 heteroatoms. The molecule has 0 fully saturated rings. The van der Waals surface area contributed by atoms with Crippen molar-refractivity contribution < 1.29 is 54.1 Å². The van der Waals surface area contributed by atoms with E-state index in [0.29, 0.717) is 32.7 Å². The van der Waals surface area contributed by atoms with Crippen LogP contribution in [0.15, 0.2) is 17.0 Å².